The van der Waals surface area contributed by atoms with Crippen molar-refractivity contribution < 1.29 is 24.2 Å². The molecule has 0 radical (unpaired) electrons. The smallest absolute Gasteiger partial charge is 0.326 e. The summed E-state index contributed by atoms with van der Waals surface area (Å²) in [6.07, 6.45) is 0.246. The second-order valence-corrected chi connectivity index (χ2v) is 4.24. The van der Waals surface area contributed by atoms with Crippen molar-refractivity contribution in [1.82, 2.24) is 10.2 Å². The van der Waals surface area contributed by atoms with Gasteiger partial charge in [-0.05, 0) is 6.92 Å². The lowest BCUT2D eigenvalue weighted by molar-refractivity contribution is -0.139. The van der Waals surface area contributed by atoms with Crippen molar-refractivity contribution in [3.8, 4) is 0 Å². The zero-order valence-electron chi connectivity index (χ0n) is 10.7. The van der Waals surface area contributed by atoms with Gasteiger partial charge in [0.15, 0.2) is 0 Å². The Balaban J connectivity index is 2.51. The largest absolute Gasteiger partial charge is 0.480 e. The maximum absolute atomic E-state index is 11.9. The molecule has 0 bridgehead atoms. The first-order valence-electron chi connectivity index (χ1n) is 5.93. The van der Waals surface area contributed by atoms with Gasteiger partial charge in [-0.1, -0.05) is 0 Å². The Kier molecular flexibility index (Phi) is 5.87. The summed E-state index contributed by atoms with van der Waals surface area (Å²) < 4.78 is 10.0. The number of methoxy groups -OCH3 is 1. The summed E-state index contributed by atoms with van der Waals surface area (Å²) >= 11 is 0. The van der Waals surface area contributed by atoms with Crippen molar-refractivity contribution in [2.45, 2.75) is 25.4 Å². The average molecular weight is 260 g/mol. The monoisotopic (exact) mass is 260 g/mol. The molecule has 2 N–H and O–H groups in total. The SMILES string of the molecule is COCCC(NC(=O)N1CCOCC1C)C(=O)O. The highest BCUT2D eigenvalue weighted by atomic mass is 16.5. The summed E-state index contributed by atoms with van der Waals surface area (Å²) in [5.41, 5.74) is 0. The van der Waals surface area contributed by atoms with Gasteiger partial charge in [-0.15, -0.1) is 0 Å². The Morgan fingerprint density at radius 3 is 2.89 bits per heavy atom. The van der Waals surface area contributed by atoms with E-state index in [4.69, 9.17) is 14.6 Å². The van der Waals surface area contributed by atoms with Crippen LogP contribution in [0.3, 0.4) is 0 Å². The molecule has 0 aromatic heterocycles. The fourth-order valence-electron chi connectivity index (χ4n) is 1.75. The summed E-state index contributed by atoms with van der Waals surface area (Å²) in [5, 5.41) is 11.5. The van der Waals surface area contributed by atoms with E-state index < -0.39 is 12.0 Å². The summed E-state index contributed by atoms with van der Waals surface area (Å²) in [4.78, 5) is 24.5. The first-order valence-corrected chi connectivity index (χ1v) is 5.93. The number of nitrogens with one attached hydrogen (secondary N) is 1. The summed E-state index contributed by atoms with van der Waals surface area (Å²) in [6.45, 7) is 3.58. The van der Waals surface area contributed by atoms with Crippen molar-refractivity contribution in [2.24, 2.45) is 0 Å². The molecule has 0 aromatic carbocycles. The molecule has 7 heteroatoms. The number of hydrogen-bond donors (Lipinski definition) is 2. The number of carbonyl (C=O) groups excluding carboxylic acids is 1. The van der Waals surface area contributed by atoms with Gasteiger partial charge in [-0.2, -0.15) is 0 Å². The lowest BCUT2D eigenvalue weighted by Crippen LogP contribution is -2.54. The molecule has 0 aromatic rings. The first kappa shape index (κ1) is 14.7. The van der Waals surface area contributed by atoms with Gasteiger partial charge in [0.1, 0.15) is 6.04 Å². The van der Waals surface area contributed by atoms with Crippen molar-refractivity contribution in [3.63, 3.8) is 0 Å². The Labute approximate surface area is 106 Å². The van der Waals surface area contributed by atoms with Crippen molar-refractivity contribution in [2.75, 3.05) is 33.5 Å². The van der Waals surface area contributed by atoms with Crippen molar-refractivity contribution in [3.05, 3.63) is 0 Å². The summed E-state index contributed by atoms with van der Waals surface area (Å²) in [6, 6.07) is -1.34. The number of morpholine rings is 1. The minimum absolute atomic E-state index is 0.0457. The Bertz CT molecular complexity index is 297. The van der Waals surface area contributed by atoms with E-state index in [1.807, 2.05) is 6.92 Å². The number of nitrogens with zero attached hydrogens (tertiary/aromatic N) is 1. The lowest BCUT2D eigenvalue weighted by atomic mass is 10.2. The van der Waals surface area contributed by atoms with Crippen molar-refractivity contribution >= 4 is 12.0 Å². The molecule has 18 heavy (non-hydrogen) atoms. The molecule has 1 rings (SSSR count). The van der Waals surface area contributed by atoms with Crippen LogP contribution in [-0.2, 0) is 14.3 Å². The maximum Gasteiger partial charge on any atom is 0.326 e. The van der Waals surface area contributed by atoms with Gasteiger partial charge in [0.25, 0.3) is 0 Å². The number of amides is 2. The van der Waals surface area contributed by atoms with Gasteiger partial charge in [-0.3, -0.25) is 0 Å². The summed E-state index contributed by atoms with van der Waals surface area (Å²) in [5.74, 6) is -1.05. The molecule has 1 aliphatic rings. The van der Waals surface area contributed by atoms with E-state index >= 15 is 0 Å². The van der Waals surface area contributed by atoms with E-state index in [1.54, 1.807) is 4.90 Å². The molecular weight excluding hydrogens is 240 g/mol. The molecule has 0 spiro atoms. The summed E-state index contributed by atoms with van der Waals surface area (Å²) in [7, 11) is 1.49. The van der Waals surface area contributed by atoms with Crippen LogP contribution >= 0.6 is 0 Å². The van der Waals surface area contributed by atoms with Crippen LogP contribution in [0.5, 0.6) is 0 Å². The standard InChI is InChI=1S/C11H20N2O5/c1-8-7-18-6-4-13(8)11(16)12-9(10(14)15)3-5-17-2/h8-9H,3-7H2,1-2H3,(H,12,16)(H,14,15). The van der Waals surface area contributed by atoms with Crippen molar-refractivity contribution in [1.29, 1.82) is 0 Å². The van der Waals surface area contributed by atoms with Crippen LogP contribution in [0.25, 0.3) is 0 Å². The quantitative estimate of drug-likeness (QED) is 0.721. The Hall–Kier alpha value is -1.34. The van der Waals surface area contributed by atoms with E-state index in [-0.39, 0.29) is 25.1 Å². The Morgan fingerprint density at radius 2 is 2.33 bits per heavy atom. The second-order valence-electron chi connectivity index (χ2n) is 4.24. The molecule has 2 amide bonds. The van der Waals surface area contributed by atoms with Crippen LogP contribution in [0, 0.1) is 0 Å². The number of urea groups is 1. The van der Waals surface area contributed by atoms with Crippen LogP contribution in [0.15, 0.2) is 0 Å². The minimum atomic E-state index is -1.05. The van der Waals surface area contributed by atoms with Crippen LogP contribution in [-0.4, -0.2) is 67.6 Å². The number of ether oxygens (including phenoxy) is 2. The third kappa shape index (κ3) is 4.15. The molecule has 7 nitrogen and oxygen atoms in total. The number of carbonyl (C=O) groups is 2. The molecule has 1 aliphatic heterocycles. The predicted molar refractivity (Wildman–Crippen MR) is 63.4 cm³/mol. The average Bonchev–Trinajstić information content (AvgIpc) is 2.34. The molecule has 104 valence electrons. The third-order valence-electron chi connectivity index (χ3n) is 2.83. The number of carboxylic acids is 1. The van der Waals surface area contributed by atoms with Gasteiger partial charge in [0.05, 0.1) is 19.3 Å². The number of hydrogen-bond acceptors (Lipinski definition) is 4. The van der Waals surface area contributed by atoms with Crippen LogP contribution < -0.4 is 5.32 Å². The highest BCUT2D eigenvalue weighted by molar-refractivity contribution is 5.82. The van der Waals surface area contributed by atoms with E-state index in [1.165, 1.54) is 7.11 Å². The Morgan fingerprint density at radius 1 is 1.61 bits per heavy atom. The van der Waals surface area contributed by atoms with E-state index in [0.717, 1.165) is 0 Å². The van der Waals surface area contributed by atoms with Gasteiger partial charge < -0.3 is 24.8 Å². The van der Waals surface area contributed by atoms with E-state index in [2.05, 4.69) is 5.32 Å². The highest BCUT2D eigenvalue weighted by Gasteiger charge is 2.27. The van der Waals surface area contributed by atoms with Crippen LogP contribution in [0.4, 0.5) is 4.79 Å². The topological polar surface area (TPSA) is 88.1 Å². The zero-order valence-corrected chi connectivity index (χ0v) is 10.7. The molecular formula is C11H20N2O5. The molecule has 0 saturated carbocycles. The van der Waals surface area contributed by atoms with Gasteiger partial charge in [0.2, 0.25) is 0 Å². The van der Waals surface area contributed by atoms with Gasteiger partial charge >= 0.3 is 12.0 Å². The third-order valence-corrected chi connectivity index (χ3v) is 2.83. The fraction of sp³-hybridized carbons (Fsp3) is 0.818. The molecule has 2 unspecified atom stereocenters. The molecule has 1 heterocycles. The van der Waals surface area contributed by atoms with E-state index in [9.17, 15) is 9.59 Å². The second kappa shape index (κ2) is 7.17. The first-order chi connectivity index (χ1) is 8.56. The lowest BCUT2D eigenvalue weighted by Gasteiger charge is -2.34. The predicted octanol–water partition coefficient (Wildman–Crippen LogP) is -0.0936. The normalized spacial score (nSPS) is 21.4. The maximum atomic E-state index is 11.9. The highest BCUT2D eigenvalue weighted by Crippen LogP contribution is 2.07. The van der Waals surface area contributed by atoms with Crippen LogP contribution in [0.1, 0.15) is 13.3 Å². The van der Waals surface area contributed by atoms with Gasteiger partial charge in [0, 0.05) is 26.7 Å². The van der Waals surface area contributed by atoms with Gasteiger partial charge in [-0.25, -0.2) is 9.59 Å². The zero-order chi connectivity index (χ0) is 13.5. The number of rotatable bonds is 5. The fourth-order valence-corrected chi connectivity index (χ4v) is 1.75. The minimum Gasteiger partial charge on any atom is -0.480 e. The molecule has 1 fully saturated rings. The number of carboxylic acid groups (broad SMARTS) is 1. The van der Waals surface area contributed by atoms with E-state index in [0.29, 0.717) is 19.8 Å². The molecule has 1 saturated heterocycles. The number of aliphatic carboxylic acids is 1. The molecule has 2 atom stereocenters. The molecule has 0 aliphatic carbocycles. The van der Waals surface area contributed by atoms with Crippen LogP contribution in [0.2, 0.25) is 0 Å².